The third-order valence-corrected chi connectivity index (χ3v) is 6.34. The van der Waals surface area contributed by atoms with Crippen LogP contribution in [0.5, 0.6) is 5.88 Å². The van der Waals surface area contributed by atoms with E-state index in [0.717, 1.165) is 38.2 Å². The summed E-state index contributed by atoms with van der Waals surface area (Å²) < 4.78 is 11.3. The Labute approximate surface area is 195 Å². The van der Waals surface area contributed by atoms with Crippen LogP contribution >= 0.6 is 0 Å². The fourth-order valence-electron chi connectivity index (χ4n) is 4.04. The minimum Gasteiger partial charge on any atom is -0.478 e. The first kappa shape index (κ1) is 25.0. The van der Waals surface area contributed by atoms with E-state index >= 15 is 0 Å². The number of aryl methyl sites for hydroxylation is 1. The van der Waals surface area contributed by atoms with Gasteiger partial charge in [0, 0.05) is 31.1 Å². The van der Waals surface area contributed by atoms with Crippen LogP contribution in [0.3, 0.4) is 0 Å². The van der Waals surface area contributed by atoms with Crippen molar-refractivity contribution in [3.8, 4) is 5.88 Å². The molecule has 2 atom stereocenters. The number of anilines is 1. The Morgan fingerprint density at radius 2 is 1.97 bits per heavy atom. The van der Waals surface area contributed by atoms with Crippen LogP contribution in [0.25, 0.3) is 0 Å². The Balaban J connectivity index is 1.42. The molecule has 0 aromatic carbocycles. The Bertz CT molecular complexity index is 908. The normalized spacial score (nSPS) is 16.6. The van der Waals surface area contributed by atoms with Crippen LogP contribution in [0.4, 0.5) is 6.01 Å². The van der Waals surface area contributed by atoms with Crippen molar-refractivity contribution in [1.29, 1.82) is 0 Å². The largest absolute Gasteiger partial charge is 0.478 e. The van der Waals surface area contributed by atoms with Crippen LogP contribution in [-0.4, -0.2) is 58.5 Å². The first-order valence-corrected chi connectivity index (χ1v) is 11.9. The van der Waals surface area contributed by atoms with Crippen molar-refractivity contribution in [1.82, 2.24) is 20.4 Å². The summed E-state index contributed by atoms with van der Waals surface area (Å²) in [5.41, 5.74) is 1.10. The van der Waals surface area contributed by atoms with E-state index in [1.807, 2.05) is 0 Å². The molecule has 0 spiro atoms. The number of aliphatic hydroxyl groups excluding tert-OH is 1. The summed E-state index contributed by atoms with van der Waals surface area (Å²) in [6.07, 6.45) is 3.13. The average Bonchev–Trinajstić information content (AvgIpc) is 3.30. The average molecular weight is 460 g/mol. The van der Waals surface area contributed by atoms with Crippen LogP contribution < -0.4 is 15.0 Å². The summed E-state index contributed by atoms with van der Waals surface area (Å²) in [5, 5.41) is 15.9. The number of carbonyl (C=O) groups is 1. The maximum absolute atomic E-state index is 12.2. The summed E-state index contributed by atoms with van der Waals surface area (Å²) >= 11 is 0. The summed E-state index contributed by atoms with van der Waals surface area (Å²) in [4.78, 5) is 23.4. The van der Waals surface area contributed by atoms with Gasteiger partial charge in [-0.3, -0.25) is 4.79 Å². The Hall–Kier alpha value is -2.68. The number of carbonyl (C=O) groups excluding carboxylic acids is 1. The maximum Gasteiger partial charge on any atom is 0.324 e. The minimum absolute atomic E-state index is 0.105. The van der Waals surface area contributed by atoms with Crippen molar-refractivity contribution in [3.05, 3.63) is 29.2 Å². The van der Waals surface area contributed by atoms with Gasteiger partial charge in [-0.05, 0) is 51.0 Å². The number of rotatable bonds is 10. The van der Waals surface area contributed by atoms with Crippen LogP contribution in [0.2, 0.25) is 0 Å². The molecule has 0 radical (unpaired) electrons. The molecule has 1 amide bonds. The molecule has 1 saturated heterocycles. The van der Waals surface area contributed by atoms with Gasteiger partial charge in [-0.15, -0.1) is 0 Å². The molecule has 1 aliphatic rings. The van der Waals surface area contributed by atoms with E-state index in [9.17, 15) is 4.79 Å². The van der Waals surface area contributed by atoms with Gasteiger partial charge in [-0.1, -0.05) is 25.9 Å². The molecule has 9 heteroatoms. The number of ether oxygens (including phenoxy) is 1. The van der Waals surface area contributed by atoms with E-state index in [0.29, 0.717) is 41.6 Å². The highest BCUT2D eigenvalue weighted by Gasteiger charge is 2.27. The van der Waals surface area contributed by atoms with E-state index in [-0.39, 0.29) is 24.5 Å². The SMILES string of the molecule is Cc1nc(OCC[C@@H](C)C2CCN(c3nc(C(C)C)no3)CC2)ccc1C(=O)N[C@H](C)CO. The molecular formula is C24H37N5O4. The van der Waals surface area contributed by atoms with Crippen molar-refractivity contribution >= 4 is 11.9 Å². The summed E-state index contributed by atoms with van der Waals surface area (Å²) in [6.45, 7) is 12.3. The second kappa shape index (κ2) is 11.4. The van der Waals surface area contributed by atoms with Gasteiger partial charge in [0.2, 0.25) is 5.88 Å². The predicted octanol–water partition coefficient (Wildman–Crippen LogP) is 3.33. The Morgan fingerprint density at radius 1 is 1.24 bits per heavy atom. The number of hydrogen-bond acceptors (Lipinski definition) is 8. The van der Waals surface area contributed by atoms with Gasteiger partial charge in [-0.2, -0.15) is 4.98 Å². The van der Waals surface area contributed by atoms with E-state index in [4.69, 9.17) is 14.4 Å². The predicted molar refractivity (Wildman–Crippen MR) is 126 cm³/mol. The molecule has 2 N–H and O–H groups in total. The smallest absolute Gasteiger partial charge is 0.324 e. The first-order valence-electron chi connectivity index (χ1n) is 11.9. The van der Waals surface area contributed by atoms with Gasteiger partial charge >= 0.3 is 6.01 Å². The second-order valence-electron chi connectivity index (χ2n) is 9.37. The molecular weight excluding hydrogens is 422 g/mol. The van der Waals surface area contributed by atoms with Crippen LogP contribution in [0, 0.1) is 18.8 Å². The van der Waals surface area contributed by atoms with E-state index < -0.39 is 0 Å². The first-order chi connectivity index (χ1) is 15.8. The molecule has 3 heterocycles. The topological polar surface area (TPSA) is 114 Å². The summed E-state index contributed by atoms with van der Waals surface area (Å²) in [6, 6.07) is 3.78. The summed E-state index contributed by atoms with van der Waals surface area (Å²) in [7, 11) is 0. The molecule has 1 fully saturated rings. The van der Waals surface area contributed by atoms with Gasteiger partial charge < -0.3 is 24.6 Å². The number of hydrogen-bond donors (Lipinski definition) is 2. The number of aliphatic hydroxyl groups is 1. The van der Waals surface area contributed by atoms with Crippen LogP contribution in [0.1, 0.15) is 74.8 Å². The van der Waals surface area contributed by atoms with Gasteiger partial charge in [0.25, 0.3) is 5.91 Å². The maximum atomic E-state index is 12.2. The fraction of sp³-hybridized carbons (Fsp3) is 0.667. The third-order valence-electron chi connectivity index (χ3n) is 6.34. The molecule has 33 heavy (non-hydrogen) atoms. The van der Waals surface area contributed by atoms with Gasteiger partial charge in [0.1, 0.15) is 0 Å². The molecule has 2 aromatic rings. The zero-order valence-electron chi connectivity index (χ0n) is 20.4. The molecule has 0 saturated carbocycles. The highest BCUT2D eigenvalue weighted by Crippen LogP contribution is 2.29. The molecule has 0 bridgehead atoms. The molecule has 0 unspecified atom stereocenters. The monoisotopic (exact) mass is 459 g/mol. The minimum atomic E-state index is -0.300. The Kier molecular flexibility index (Phi) is 8.66. The van der Waals surface area contributed by atoms with Gasteiger partial charge in [0.05, 0.1) is 24.5 Å². The molecule has 0 aliphatic carbocycles. The lowest BCUT2D eigenvalue weighted by Gasteiger charge is -2.33. The fourth-order valence-corrected chi connectivity index (χ4v) is 4.04. The number of amides is 1. The molecule has 1 aliphatic heterocycles. The summed E-state index contributed by atoms with van der Waals surface area (Å²) in [5.74, 6) is 2.47. The number of aromatic nitrogens is 3. The Morgan fingerprint density at radius 3 is 2.58 bits per heavy atom. The highest BCUT2D eigenvalue weighted by atomic mass is 16.5. The van der Waals surface area contributed by atoms with Crippen molar-refractivity contribution in [2.75, 3.05) is 31.2 Å². The zero-order valence-corrected chi connectivity index (χ0v) is 20.4. The number of nitrogens with zero attached hydrogens (tertiary/aromatic N) is 4. The van der Waals surface area contributed by atoms with Gasteiger partial charge in [0.15, 0.2) is 5.82 Å². The quantitative estimate of drug-likeness (QED) is 0.556. The zero-order chi connectivity index (χ0) is 24.0. The third kappa shape index (κ3) is 6.66. The standard InChI is InChI=1S/C24H37N5O4/c1-15(2)22-27-24(33-28-22)29-11-8-19(9-12-29)16(3)10-13-32-21-7-6-20(18(5)26-21)23(31)25-17(4)14-30/h6-7,15-17,19,30H,8-14H2,1-5H3,(H,25,31)/t16-,17-/m1/s1. The number of nitrogens with one attached hydrogen (secondary N) is 1. The highest BCUT2D eigenvalue weighted by molar-refractivity contribution is 5.95. The van der Waals surface area contributed by atoms with E-state index in [2.05, 4.69) is 46.1 Å². The molecule has 182 valence electrons. The second-order valence-corrected chi connectivity index (χ2v) is 9.37. The lowest BCUT2D eigenvalue weighted by atomic mass is 9.84. The lowest BCUT2D eigenvalue weighted by Crippen LogP contribution is -2.36. The van der Waals surface area contributed by atoms with Crippen LogP contribution in [-0.2, 0) is 0 Å². The van der Waals surface area contributed by atoms with Crippen molar-refractivity contribution < 1.29 is 19.2 Å². The number of piperidine rings is 1. The molecule has 3 rings (SSSR count). The molecule has 2 aromatic heterocycles. The lowest BCUT2D eigenvalue weighted by molar-refractivity contribution is 0.0921. The van der Waals surface area contributed by atoms with Crippen molar-refractivity contribution in [2.24, 2.45) is 11.8 Å². The van der Waals surface area contributed by atoms with Crippen LogP contribution in [0.15, 0.2) is 16.7 Å². The number of pyridine rings is 1. The molecule has 9 nitrogen and oxygen atoms in total. The van der Waals surface area contributed by atoms with E-state index in [1.54, 1.807) is 26.0 Å². The van der Waals surface area contributed by atoms with Crippen molar-refractivity contribution in [2.45, 2.75) is 65.8 Å². The van der Waals surface area contributed by atoms with E-state index in [1.165, 1.54) is 0 Å². The van der Waals surface area contributed by atoms with Crippen molar-refractivity contribution in [3.63, 3.8) is 0 Å². The van der Waals surface area contributed by atoms with Gasteiger partial charge in [-0.25, -0.2) is 4.98 Å².